The molecule has 0 aliphatic rings. The summed E-state index contributed by atoms with van der Waals surface area (Å²) >= 11 is -0.371. The fraction of sp³-hybridized carbons (Fsp3) is 0.400. The summed E-state index contributed by atoms with van der Waals surface area (Å²) in [6.07, 6.45) is 7.92. The number of benzene rings is 2. The molecule has 4 aromatic rings. The molecule has 0 amide bonds. The molecule has 200 valence electrons. The van der Waals surface area contributed by atoms with Crippen molar-refractivity contribution in [1.29, 1.82) is 0 Å². The minimum absolute atomic E-state index is 0. The molecule has 4 nitrogen and oxygen atoms in total. The van der Waals surface area contributed by atoms with Gasteiger partial charge < -0.3 is 28.5 Å². The smallest absolute Gasteiger partial charge is 1.00 e. The number of hydrogen-bond acceptors (Lipinski definition) is 4. The van der Waals surface area contributed by atoms with Crippen molar-refractivity contribution in [3.8, 4) is 22.5 Å². The van der Waals surface area contributed by atoms with Crippen LogP contribution in [0.25, 0.3) is 22.5 Å². The van der Waals surface area contributed by atoms with Gasteiger partial charge in [0.05, 0.1) is 0 Å². The molecule has 0 radical (unpaired) electrons. The van der Waals surface area contributed by atoms with Crippen molar-refractivity contribution in [2.45, 2.75) is 72.6 Å². The molecule has 0 atom stereocenters. The van der Waals surface area contributed by atoms with Crippen LogP contribution in [0.3, 0.4) is 0 Å². The average Bonchev–Trinajstić information content (AvgIpc) is 3.60. The van der Waals surface area contributed by atoms with E-state index in [0.717, 1.165) is 20.7 Å². The molecule has 0 aliphatic heterocycles. The molecular weight excluding hydrogens is 808 g/mol. The van der Waals surface area contributed by atoms with Gasteiger partial charge in [-0.05, 0) is 0 Å². The molecule has 0 N–H and O–H groups in total. The molecule has 0 spiro atoms. The van der Waals surface area contributed by atoms with Crippen molar-refractivity contribution < 1.29 is 62.6 Å². The van der Waals surface area contributed by atoms with Crippen LogP contribution in [0.4, 0.5) is 0 Å². The Morgan fingerprint density at radius 1 is 0.658 bits per heavy atom. The van der Waals surface area contributed by atoms with Gasteiger partial charge in [0.25, 0.3) is 0 Å². The Kier molecular flexibility index (Phi) is 19.1. The maximum Gasteiger partial charge on any atom is 1.00 e. The number of rotatable bonds is 12. The Morgan fingerprint density at radius 2 is 1.08 bits per heavy atom. The van der Waals surface area contributed by atoms with Crippen LogP contribution in [0.1, 0.15) is 59.3 Å². The molecule has 0 saturated heterocycles. The second-order valence-electron chi connectivity index (χ2n) is 9.42. The molecule has 0 bridgehead atoms. The molecule has 2 aromatic carbocycles. The molecule has 38 heavy (non-hydrogen) atoms. The minimum atomic E-state index is -2.47. The molecule has 8 heteroatoms. The zero-order valence-electron chi connectivity index (χ0n) is 23.3. The predicted molar refractivity (Wildman–Crippen MR) is 161 cm³/mol. The third-order valence-corrected chi connectivity index (χ3v) is 22.1. The molecule has 0 saturated carbocycles. The summed E-state index contributed by atoms with van der Waals surface area (Å²) in [7, 11) is 0. The van der Waals surface area contributed by atoms with Gasteiger partial charge >= 0.3 is 182 Å². The van der Waals surface area contributed by atoms with Gasteiger partial charge in [-0.25, -0.2) is 0 Å². The third-order valence-electron chi connectivity index (χ3n) is 6.68. The van der Waals surface area contributed by atoms with E-state index < -0.39 is 18.4 Å². The van der Waals surface area contributed by atoms with E-state index in [1.54, 1.807) is 0 Å². The average molecular weight is 847 g/mol. The fourth-order valence-corrected chi connectivity index (χ4v) is 20.0. The summed E-state index contributed by atoms with van der Waals surface area (Å²) in [5.74, 6) is 0. The van der Waals surface area contributed by atoms with Crippen LogP contribution in [0.2, 0.25) is 13.3 Å². The van der Waals surface area contributed by atoms with Crippen molar-refractivity contribution in [2.75, 3.05) is 0 Å². The fourth-order valence-electron chi connectivity index (χ4n) is 4.56. The van der Waals surface area contributed by atoms with E-state index in [9.17, 15) is 0 Å². The molecule has 0 unspecified atom stereocenters. The van der Waals surface area contributed by atoms with Gasteiger partial charge in [0, 0.05) is 34.2 Å². The Morgan fingerprint density at radius 3 is 1.47 bits per heavy atom. The summed E-state index contributed by atoms with van der Waals surface area (Å²) in [5.41, 5.74) is 4.18. The van der Waals surface area contributed by atoms with Crippen molar-refractivity contribution in [1.82, 2.24) is 10.3 Å². The quantitative estimate of drug-likeness (QED) is 0.162. The van der Waals surface area contributed by atoms with Crippen LogP contribution in [0, 0.1) is 3.77 Å². The van der Waals surface area contributed by atoms with Crippen LogP contribution < -0.4 is 57.3 Å². The molecule has 2 aromatic heterocycles. The first-order valence-corrected chi connectivity index (χ1v) is 21.9. The minimum Gasteiger partial charge on any atom is -1.00 e. The van der Waals surface area contributed by atoms with Crippen molar-refractivity contribution in [2.24, 2.45) is 0 Å². The summed E-state index contributed by atoms with van der Waals surface area (Å²) in [6, 6.07) is 24.6. The largest absolute Gasteiger partial charge is 1.00 e. The number of halogens is 2. The predicted octanol–water partition coefficient (Wildman–Crippen LogP) is 3.35. The van der Waals surface area contributed by atoms with E-state index in [1.807, 2.05) is 36.4 Å². The Labute approximate surface area is 285 Å². The number of aromatic nitrogens is 2. The van der Waals surface area contributed by atoms with Crippen molar-refractivity contribution >= 4 is 44.7 Å². The van der Waals surface area contributed by atoms with E-state index >= 15 is 0 Å². The Bertz CT molecular complexity index is 1120. The SMILES string of the molecule is CCC[CH2][Sn]([CH2]CCC)([CH2]CCC)[c]1cc(-c2ccccc2)no1.[123I-].[123I]c1cc(-c2ccccc2)no1.[Na+]. The zero-order chi connectivity index (χ0) is 25.6. The molecular formula is C30H39I2N2NaO2Sn. The summed E-state index contributed by atoms with van der Waals surface area (Å²) < 4.78 is 17.4. The first-order valence-electron chi connectivity index (χ1n) is 13.3. The molecule has 4 rings (SSSR count). The van der Waals surface area contributed by atoms with Crippen LogP contribution in [-0.4, -0.2) is 28.7 Å². The number of unbranched alkanes of at least 4 members (excludes halogenated alkanes) is 3. The van der Waals surface area contributed by atoms with E-state index in [2.05, 4.69) is 90.1 Å². The maximum absolute atomic E-state index is 6.02. The first-order chi connectivity index (χ1) is 17.6. The first kappa shape index (κ1) is 36.1. The van der Waals surface area contributed by atoms with Gasteiger partial charge in [0.2, 0.25) is 0 Å². The standard InChI is InChI=1S/C9H6INO.C9H6NO.3C4H9.HI.Na.Sn/c10-9-6-8(11-12-9)7-4-2-1-3-5-7;1-2-4-8(5-3-1)9-6-7-11-10-9;3*1-3-4-2;;;/h1-6H;1-6H;3*1,3-4H2,2H3;1H;;/q;;;;;;+1;/p-1/i10-4;;;;;1-4;;. The van der Waals surface area contributed by atoms with E-state index in [1.165, 1.54) is 61.2 Å². The van der Waals surface area contributed by atoms with Gasteiger partial charge in [-0.2, -0.15) is 0 Å². The van der Waals surface area contributed by atoms with E-state index in [0.29, 0.717) is 0 Å². The zero-order valence-corrected chi connectivity index (χ0v) is 32.4. The number of nitrogens with zero attached hydrogens (tertiary/aromatic N) is 2. The van der Waals surface area contributed by atoms with Gasteiger partial charge in [-0.1, -0.05) is 35.5 Å². The van der Waals surface area contributed by atoms with Gasteiger partial charge in [-0.3, -0.25) is 0 Å². The van der Waals surface area contributed by atoms with Gasteiger partial charge in [-0.15, -0.1) is 0 Å². The topological polar surface area (TPSA) is 52.1 Å². The van der Waals surface area contributed by atoms with Crippen LogP contribution >= 0.6 is 22.6 Å². The van der Waals surface area contributed by atoms with Gasteiger partial charge in [0.15, 0.2) is 3.77 Å². The summed E-state index contributed by atoms with van der Waals surface area (Å²) in [6.45, 7) is 6.93. The van der Waals surface area contributed by atoms with Crippen LogP contribution in [-0.2, 0) is 0 Å². The van der Waals surface area contributed by atoms with Gasteiger partial charge in [0.1, 0.15) is 5.69 Å². The van der Waals surface area contributed by atoms with Crippen LogP contribution in [0.15, 0.2) is 81.8 Å². The van der Waals surface area contributed by atoms with Crippen molar-refractivity contribution in [3.63, 3.8) is 0 Å². The molecule has 2 heterocycles. The second-order valence-corrected chi connectivity index (χ2v) is 23.5. The van der Waals surface area contributed by atoms with Crippen molar-refractivity contribution in [3.05, 3.63) is 76.6 Å². The summed E-state index contributed by atoms with van der Waals surface area (Å²) in [4.78, 5) is 0. The second kappa shape index (κ2) is 20.1. The van der Waals surface area contributed by atoms with E-state index in [4.69, 9.17) is 9.05 Å². The number of hydrogen-bond donors (Lipinski definition) is 0. The maximum atomic E-state index is 6.02. The summed E-state index contributed by atoms with van der Waals surface area (Å²) in [5, 5.41) is 8.36. The van der Waals surface area contributed by atoms with Crippen LogP contribution in [0.5, 0.6) is 0 Å². The molecule has 0 fully saturated rings. The Hall–Kier alpha value is 0.119. The normalized spacial score (nSPS) is 10.6. The Balaban J connectivity index is 0.000000434. The molecule has 0 aliphatic carbocycles. The van der Waals surface area contributed by atoms with E-state index in [-0.39, 0.29) is 53.5 Å². The monoisotopic (exact) mass is 848 g/mol. The third kappa shape index (κ3) is 11.2.